The second kappa shape index (κ2) is 18.6. The summed E-state index contributed by atoms with van der Waals surface area (Å²) in [5.41, 5.74) is 9.81. The Labute approximate surface area is 378 Å². The van der Waals surface area contributed by atoms with E-state index in [1.54, 1.807) is 0 Å². The number of rotatable bonds is 12. The van der Waals surface area contributed by atoms with E-state index in [9.17, 15) is 10.2 Å². The van der Waals surface area contributed by atoms with E-state index < -0.39 is 10.8 Å². The van der Waals surface area contributed by atoms with Crippen molar-refractivity contribution in [3.8, 4) is 11.5 Å². The van der Waals surface area contributed by atoms with E-state index in [1.165, 1.54) is 0 Å². The van der Waals surface area contributed by atoms with Crippen molar-refractivity contribution in [3.05, 3.63) is 273 Å². The van der Waals surface area contributed by atoms with Crippen LogP contribution in [0.15, 0.2) is 216 Å². The fourth-order valence-electron chi connectivity index (χ4n) is 10.2. The molecule has 1 fully saturated rings. The van der Waals surface area contributed by atoms with Crippen molar-refractivity contribution in [2.75, 3.05) is 0 Å². The van der Waals surface area contributed by atoms with Crippen LogP contribution in [0.2, 0.25) is 0 Å². The number of hydrogen-bond donors (Lipinski definition) is 2. The number of hydrogen-bond acceptors (Lipinski definition) is 4. The van der Waals surface area contributed by atoms with Gasteiger partial charge in [0.25, 0.3) is 0 Å². The summed E-state index contributed by atoms with van der Waals surface area (Å²) < 4.78 is 0. The number of phenolic OH excluding ortho intramolecular Hbond substituents is 2. The van der Waals surface area contributed by atoms with Crippen LogP contribution in [0.5, 0.6) is 11.5 Å². The average molecular weight is 835 g/mol. The van der Waals surface area contributed by atoms with E-state index in [-0.39, 0.29) is 23.6 Å². The van der Waals surface area contributed by atoms with E-state index in [4.69, 9.17) is 9.98 Å². The summed E-state index contributed by atoms with van der Waals surface area (Å²) in [4.78, 5) is 10.5. The van der Waals surface area contributed by atoms with E-state index in [1.807, 2.05) is 61.0 Å². The Bertz CT molecular complexity index is 2470. The maximum Gasteiger partial charge on any atom is 0.129 e. The Morgan fingerprint density at radius 2 is 0.641 bits per heavy atom. The van der Waals surface area contributed by atoms with Crippen molar-refractivity contribution in [1.82, 2.24) is 0 Å². The van der Waals surface area contributed by atoms with Crippen molar-refractivity contribution in [2.45, 2.75) is 62.4 Å². The SMILES string of the molecule is Cc1cc(C=N[C@H]2CCCC[C@@H]2N=Cc2cc(C)cc(C(c3ccccc3)(c3ccccc3)c3ccccc3)c2O)c(O)c(C(c2ccccc2)(c2ccccc2)c2ccccc2)c1. The number of nitrogens with zero attached hydrogens (tertiary/aromatic N) is 2. The molecule has 0 amide bonds. The lowest BCUT2D eigenvalue weighted by Crippen LogP contribution is -2.31. The van der Waals surface area contributed by atoms with Crippen molar-refractivity contribution >= 4 is 12.4 Å². The number of aromatic hydroxyl groups is 2. The monoisotopic (exact) mass is 834 g/mol. The molecule has 2 atom stereocenters. The minimum absolute atomic E-state index is 0.0982. The molecule has 4 nitrogen and oxygen atoms in total. The zero-order chi connectivity index (χ0) is 43.9. The van der Waals surface area contributed by atoms with Crippen LogP contribution in [0.1, 0.15) is 92.4 Å². The molecule has 0 bridgehead atoms. The van der Waals surface area contributed by atoms with Gasteiger partial charge in [-0.3, -0.25) is 9.98 Å². The third kappa shape index (κ3) is 7.86. The molecule has 9 rings (SSSR count). The van der Waals surface area contributed by atoms with Crippen molar-refractivity contribution in [2.24, 2.45) is 9.98 Å². The Kier molecular flexibility index (Phi) is 12.2. The molecule has 0 aliphatic heterocycles. The molecule has 0 spiro atoms. The molecule has 4 heteroatoms. The van der Waals surface area contributed by atoms with E-state index in [2.05, 4.69) is 172 Å². The Balaban J connectivity index is 1.11. The van der Waals surface area contributed by atoms with Crippen molar-refractivity contribution in [1.29, 1.82) is 0 Å². The lowest BCUT2D eigenvalue weighted by Gasteiger charge is -2.37. The molecular weight excluding hydrogens is 781 g/mol. The third-order valence-corrected chi connectivity index (χ3v) is 13.1. The van der Waals surface area contributed by atoms with Gasteiger partial charge in [-0.2, -0.15) is 0 Å². The molecule has 316 valence electrons. The van der Waals surface area contributed by atoms with Crippen LogP contribution in [0.3, 0.4) is 0 Å². The minimum Gasteiger partial charge on any atom is -0.507 e. The predicted molar refractivity (Wildman–Crippen MR) is 264 cm³/mol. The predicted octanol–water partition coefficient (Wildman–Crippen LogP) is 13.3. The summed E-state index contributed by atoms with van der Waals surface area (Å²) in [7, 11) is 0. The first-order valence-corrected chi connectivity index (χ1v) is 22.5. The van der Waals surface area contributed by atoms with Crippen LogP contribution in [0, 0.1) is 13.8 Å². The molecule has 1 saturated carbocycles. The van der Waals surface area contributed by atoms with Crippen LogP contribution in [-0.2, 0) is 10.8 Å². The molecule has 0 aromatic heterocycles. The summed E-state index contributed by atoms with van der Waals surface area (Å²) in [6.45, 7) is 4.18. The molecule has 2 N–H and O–H groups in total. The van der Waals surface area contributed by atoms with Gasteiger partial charge < -0.3 is 10.2 Å². The van der Waals surface area contributed by atoms with E-state index in [0.717, 1.165) is 81.3 Å². The lowest BCUT2D eigenvalue weighted by atomic mass is 9.64. The van der Waals surface area contributed by atoms with Gasteiger partial charge in [0.2, 0.25) is 0 Å². The first-order chi connectivity index (χ1) is 31.4. The van der Waals surface area contributed by atoms with Gasteiger partial charge in [-0.25, -0.2) is 0 Å². The molecule has 1 aliphatic rings. The summed E-state index contributed by atoms with van der Waals surface area (Å²) in [5.74, 6) is 0.412. The van der Waals surface area contributed by atoms with Gasteiger partial charge in [0, 0.05) is 34.7 Å². The first-order valence-electron chi connectivity index (χ1n) is 22.5. The van der Waals surface area contributed by atoms with Gasteiger partial charge in [0.1, 0.15) is 11.5 Å². The topological polar surface area (TPSA) is 65.2 Å². The van der Waals surface area contributed by atoms with Crippen molar-refractivity contribution < 1.29 is 10.2 Å². The maximum absolute atomic E-state index is 12.5. The molecule has 8 aromatic rings. The summed E-state index contributed by atoms with van der Waals surface area (Å²) >= 11 is 0. The average Bonchev–Trinajstić information content (AvgIpc) is 3.35. The number of aliphatic imine (C=N–C) groups is 2. The largest absolute Gasteiger partial charge is 0.507 e. The number of benzene rings is 8. The number of aryl methyl sites for hydroxylation is 2. The molecule has 0 saturated heterocycles. The molecular formula is C60H54N2O2. The highest BCUT2D eigenvalue weighted by Gasteiger charge is 2.42. The zero-order valence-electron chi connectivity index (χ0n) is 36.6. The van der Waals surface area contributed by atoms with Gasteiger partial charge >= 0.3 is 0 Å². The molecule has 64 heavy (non-hydrogen) atoms. The highest BCUT2D eigenvalue weighted by molar-refractivity contribution is 5.87. The number of phenols is 2. The van der Waals surface area contributed by atoms with Gasteiger partial charge in [0.15, 0.2) is 0 Å². The Hall–Kier alpha value is -7.30. The molecule has 0 radical (unpaired) electrons. The summed E-state index contributed by atoms with van der Waals surface area (Å²) in [6, 6.07) is 71.0. The third-order valence-electron chi connectivity index (χ3n) is 13.1. The van der Waals surface area contributed by atoms with Gasteiger partial charge in [-0.1, -0.05) is 207 Å². The van der Waals surface area contributed by atoms with Crippen LogP contribution >= 0.6 is 0 Å². The molecule has 0 heterocycles. The normalized spacial score (nSPS) is 15.7. The molecule has 8 aromatic carbocycles. The van der Waals surface area contributed by atoms with Gasteiger partial charge in [-0.15, -0.1) is 0 Å². The van der Waals surface area contributed by atoms with Crippen LogP contribution in [-0.4, -0.2) is 34.7 Å². The Morgan fingerprint density at radius 1 is 0.391 bits per heavy atom. The van der Waals surface area contributed by atoms with Crippen LogP contribution in [0.4, 0.5) is 0 Å². The second-order valence-corrected chi connectivity index (χ2v) is 17.2. The smallest absolute Gasteiger partial charge is 0.129 e. The highest BCUT2D eigenvalue weighted by atomic mass is 16.3. The van der Waals surface area contributed by atoms with Gasteiger partial charge in [0.05, 0.1) is 22.9 Å². The minimum atomic E-state index is -0.798. The highest BCUT2D eigenvalue weighted by Crippen LogP contribution is 2.51. The van der Waals surface area contributed by atoms with Crippen LogP contribution < -0.4 is 0 Å². The quantitative estimate of drug-likeness (QED) is 0.0951. The fourth-order valence-corrected chi connectivity index (χ4v) is 10.2. The van der Waals surface area contributed by atoms with E-state index in [0.29, 0.717) is 11.1 Å². The standard InChI is InChI=1S/C60H54N2O2/c1-43-37-45(57(63)53(39-43)59(47-23-9-3-10-24-47,48-25-11-4-12-26-48)49-27-13-5-14-28-49)41-61-55-35-21-22-36-56(55)62-42-46-38-44(2)40-54(58(46)64)60(50-29-15-6-16-30-50,51-31-17-7-18-32-51)52-33-19-8-20-34-52/h3-20,23-34,37-42,55-56,63-64H,21-22,35-36H2,1-2H3/t55-,56-/m0/s1. The molecule has 1 aliphatic carbocycles. The fraction of sp³-hybridized carbons (Fsp3) is 0.167. The molecule has 0 unspecified atom stereocenters. The maximum atomic E-state index is 12.5. The van der Waals surface area contributed by atoms with Crippen LogP contribution in [0.25, 0.3) is 0 Å². The zero-order valence-corrected chi connectivity index (χ0v) is 36.6. The summed E-state index contributed by atoms with van der Waals surface area (Å²) in [6.07, 6.45) is 7.59. The lowest BCUT2D eigenvalue weighted by molar-refractivity contribution is 0.390. The second-order valence-electron chi connectivity index (χ2n) is 17.2. The van der Waals surface area contributed by atoms with E-state index >= 15 is 0 Å². The van der Waals surface area contributed by atoms with Gasteiger partial charge in [-0.05, 0) is 83.3 Å². The summed E-state index contributed by atoms with van der Waals surface area (Å²) in [5, 5.41) is 25.1. The first kappa shape index (κ1) is 42.0. The Morgan fingerprint density at radius 3 is 0.891 bits per heavy atom. The van der Waals surface area contributed by atoms with Crippen molar-refractivity contribution in [3.63, 3.8) is 0 Å².